The zero-order valence-corrected chi connectivity index (χ0v) is 12.4. The summed E-state index contributed by atoms with van der Waals surface area (Å²) in [6.07, 6.45) is 0.0820. The summed E-state index contributed by atoms with van der Waals surface area (Å²) in [4.78, 5) is 14.5. The van der Waals surface area contributed by atoms with E-state index < -0.39 is 0 Å². The van der Waals surface area contributed by atoms with Crippen molar-refractivity contribution >= 4 is 5.91 Å². The summed E-state index contributed by atoms with van der Waals surface area (Å²) in [5.41, 5.74) is 0.521. The molecule has 0 aliphatic carbocycles. The summed E-state index contributed by atoms with van der Waals surface area (Å²) in [6, 6.07) is 5.33. The lowest BCUT2D eigenvalue weighted by Crippen LogP contribution is -2.48. The molecule has 0 aromatic heterocycles. The smallest absolute Gasteiger partial charge is 0.257 e. The van der Waals surface area contributed by atoms with E-state index in [0.29, 0.717) is 30.2 Å². The number of benzene rings is 1. The normalized spacial score (nSPS) is 22.5. The summed E-state index contributed by atoms with van der Waals surface area (Å²) >= 11 is 0. The Labute approximate surface area is 119 Å². The molecule has 0 saturated carbocycles. The highest BCUT2D eigenvalue weighted by atomic mass is 16.5. The van der Waals surface area contributed by atoms with Crippen molar-refractivity contribution in [2.75, 3.05) is 27.3 Å². The number of hydrogen-bond donors (Lipinski definition) is 0. The lowest BCUT2D eigenvalue weighted by Gasteiger charge is -2.35. The van der Waals surface area contributed by atoms with Crippen LogP contribution in [0.4, 0.5) is 0 Å². The summed E-state index contributed by atoms with van der Waals surface area (Å²) in [5, 5.41) is 0. The van der Waals surface area contributed by atoms with Crippen LogP contribution in [-0.2, 0) is 4.74 Å². The van der Waals surface area contributed by atoms with Crippen LogP contribution in [0.2, 0.25) is 0 Å². The van der Waals surface area contributed by atoms with E-state index in [9.17, 15) is 4.79 Å². The van der Waals surface area contributed by atoms with Gasteiger partial charge in [0.25, 0.3) is 5.91 Å². The van der Waals surface area contributed by atoms with E-state index in [1.54, 1.807) is 37.3 Å². The molecule has 1 aromatic carbocycles. The van der Waals surface area contributed by atoms with Crippen molar-refractivity contribution in [3.8, 4) is 11.5 Å². The van der Waals surface area contributed by atoms with E-state index in [4.69, 9.17) is 14.2 Å². The highest BCUT2D eigenvalue weighted by Gasteiger charge is 2.28. The number of nitrogens with zero attached hydrogens (tertiary/aromatic N) is 1. The van der Waals surface area contributed by atoms with Crippen molar-refractivity contribution < 1.29 is 19.0 Å². The van der Waals surface area contributed by atoms with Gasteiger partial charge in [0, 0.05) is 13.1 Å². The van der Waals surface area contributed by atoms with Crippen LogP contribution in [0.15, 0.2) is 18.2 Å². The number of hydrogen-bond acceptors (Lipinski definition) is 4. The topological polar surface area (TPSA) is 48.0 Å². The molecule has 20 heavy (non-hydrogen) atoms. The molecule has 0 unspecified atom stereocenters. The van der Waals surface area contributed by atoms with Gasteiger partial charge in [0.2, 0.25) is 0 Å². The number of para-hydroxylation sites is 1. The van der Waals surface area contributed by atoms with E-state index in [1.807, 2.05) is 13.8 Å². The number of carbonyl (C=O) groups excluding carboxylic acids is 1. The maximum atomic E-state index is 12.7. The first kappa shape index (κ1) is 14.7. The Balaban J connectivity index is 2.29. The van der Waals surface area contributed by atoms with Crippen molar-refractivity contribution in [3.05, 3.63) is 23.8 Å². The molecule has 1 aromatic rings. The predicted octanol–water partition coefficient (Wildman–Crippen LogP) is 1.95. The van der Waals surface area contributed by atoms with Crippen molar-refractivity contribution in [2.45, 2.75) is 26.1 Å². The number of amides is 1. The van der Waals surface area contributed by atoms with Crippen molar-refractivity contribution in [1.82, 2.24) is 4.90 Å². The van der Waals surface area contributed by atoms with Crippen LogP contribution in [0.1, 0.15) is 24.2 Å². The Bertz CT molecular complexity index is 479. The Hall–Kier alpha value is -1.75. The van der Waals surface area contributed by atoms with Gasteiger partial charge in [0.1, 0.15) is 0 Å². The van der Waals surface area contributed by atoms with Crippen LogP contribution in [0.25, 0.3) is 0 Å². The maximum absolute atomic E-state index is 12.7. The number of carbonyl (C=O) groups is 1. The second kappa shape index (κ2) is 6.13. The monoisotopic (exact) mass is 279 g/mol. The van der Waals surface area contributed by atoms with Crippen LogP contribution in [0.3, 0.4) is 0 Å². The molecular formula is C15H21NO4. The van der Waals surface area contributed by atoms with Crippen molar-refractivity contribution in [3.63, 3.8) is 0 Å². The fraction of sp³-hybridized carbons (Fsp3) is 0.533. The molecule has 1 amide bonds. The average Bonchev–Trinajstić information content (AvgIpc) is 2.44. The minimum atomic E-state index is -0.0530. The number of morpholine rings is 1. The van der Waals surface area contributed by atoms with Crippen LogP contribution >= 0.6 is 0 Å². The van der Waals surface area contributed by atoms with Gasteiger partial charge in [0.15, 0.2) is 11.5 Å². The van der Waals surface area contributed by atoms with Gasteiger partial charge in [-0.2, -0.15) is 0 Å². The van der Waals surface area contributed by atoms with Crippen LogP contribution < -0.4 is 9.47 Å². The Morgan fingerprint density at radius 3 is 2.40 bits per heavy atom. The molecule has 1 heterocycles. The third-order valence-corrected chi connectivity index (χ3v) is 3.34. The molecule has 0 spiro atoms. The summed E-state index contributed by atoms with van der Waals surface area (Å²) in [7, 11) is 3.10. The second-order valence-corrected chi connectivity index (χ2v) is 5.01. The highest BCUT2D eigenvalue weighted by Crippen LogP contribution is 2.32. The standard InChI is InChI=1S/C15H21NO4/c1-10-8-16(9-11(2)20-10)15(17)12-6-5-7-13(18-3)14(12)19-4/h5-7,10-11H,8-9H2,1-4H3/t10-,11-/m0/s1. The SMILES string of the molecule is COc1cccc(C(=O)N2C[C@H](C)O[C@@H](C)C2)c1OC. The van der Waals surface area contributed by atoms with Crippen molar-refractivity contribution in [1.29, 1.82) is 0 Å². The quantitative estimate of drug-likeness (QED) is 0.848. The predicted molar refractivity (Wildman–Crippen MR) is 75.5 cm³/mol. The molecule has 110 valence electrons. The van der Waals surface area contributed by atoms with Gasteiger partial charge in [0.05, 0.1) is 32.0 Å². The van der Waals surface area contributed by atoms with E-state index in [2.05, 4.69) is 0 Å². The first-order valence-electron chi connectivity index (χ1n) is 6.72. The molecular weight excluding hydrogens is 258 g/mol. The summed E-state index contributed by atoms with van der Waals surface area (Å²) in [5.74, 6) is 0.988. The zero-order valence-electron chi connectivity index (χ0n) is 12.4. The summed E-state index contributed by atoms with van der Waals surface area (Å²) < 4.78 is 16.2. The molecule has 0 N–H and O–H groups in total. The first-order chi connectivity index (χ1) is 9.56. The van der Waals surface area contributed by atoms with Gasteiger partial charge in [-0.3, -0.25) is 4.79 Å². The molecule has 2 rings (SSSR count). The fourth-order valence-electron chi connectivity index (χ4n) is 2.57. The first-order valence-corrected chi connectivity index (χ1v) is 6.72. The molecule has 0 bridgehead atoms. The fourth-order valence-corrected chi connectivity index (χ4v) is 2.57. The Morgan fingerprint density at radius 1 is 1.20 bits per heavy atom. The lowest BCUT2D eigenvalue weighted by molar-refractivity contribution is -0.0586. The Kier molecular flexibility index (Phi) is 4.49. The third-order valence-electron chi connectivity index (χ3n) is 3.34. The van der Waals surface area contributed by atoms with Gasteiger partial charge in [-0.15, -0.1) is 0 Å². The third kappa shape index (κ3) is 2.88. The van der Waals surface area contributed by atoms with E-state index in [0.717, 1.165) is 0 Å². The Morgan fingerprint density at radius 2 is 1.85 bits per heavy atom. The van der Waals surface area contributed by atoms with Gasteiger partial charge < -0.3 is 19.1 Å². The molecule has 5 nitrogen and oxygen atoms in total. The molecule has 0 radical (unpaired) electrons. The number of methoxy groups -OCH3 is 2. The van der Waals surface area contributed by atoms with Crippen molar-refractivity contribution in [2.24, 2.45) is 0 Å². The minimum Gasteiger partial charge on any atom is -0.493 e. The lowest BCUT2D eigenvalue weighted by atomic mass is 10.1. The molecule has 1 saturated heterocycles. The van der Waals surface area contributed by atoms with Crippen LogP contribution in [-0.4, -0.2) is 50.3 Å². The molecule has 1 fully saturated rings. The highest BCUT2D eigenvalue weighted by molar-refractivity contribution is 5.98. The molecule has 1 aliphatic heterocycles. The zero-order chi connectivity index (χ0) is 14.7. The number of rotatable bonds is 3. The molecule has 1 aliphatic rings. The number of ether oxygens (including phenoxy) is 3. The van der Waals surface area contributed by atoms with Crippen LogP contribution in [0, 0.1) is 0 Å². The van der Waals surface area contributed by atoms with Gasteiger partial charge in [-0.25, -0.2) is 0 Å². The van der Waals surface area contributed by atoms with E-state index >= 15 is 0 Å². The second-order valence-electron chi connectivity index (χ2n) is 5.01. The average molecular weight is 279 g/mol. The van der Waals surface area contributed by atoms with Gasteiger partial charge >= 0.3 is 0 Å². The molecule has 5 heteroatoms. The van der Waals surface area contributed by atoms with Crippen LogP contribution in [0.5, 0.6) is 11.5 Å². The summed E-state index contributed by atoms with van der Waals surface area (Å²) in [6.45, 7) is 5.12. The van der Waals surface area contributed by atoms with Gasteiger partial charge in [-0.1, -0.05) is 6.07 Å². The van der Waals surface area contributed by atoms with E-state index in [-0.39, 0.29) is 18.1 Å². The largest absolute Gasteiger partial charge is 0.493 e. The maximum Gasteiger partial charge on any atom is 0.257 e. The van der Waals surface area contributed by atoms with E-state index in [1.165, 1.54) is 0 Å². The van der Waals surface area contributed by atoms with Gasteiger partial charge in [-0.05, 0) is 26.0 Å². The minimum absolute atomic E-state index is 0.0410. The molecule has 2 atom stereocenters.